The molecule has 0 bridgehead atoms. The molecule has 10 heteroatoms. The van der Waals surface area contributed by atoms with E-state index < -0.39 is 49.0 Å². The third-order valence-electron chi connectivity index (χ3n) is 4.39. The molecule has 2 rings (SSSR count). The van der Waals surface area contributed by atoms with Crippen LogP contribution in [0.3, 0.4) is 0 Å². The zero-order valence-electron chi connectivity index (χ0n) is 15.8. The van der Waals surface area contributed by atoms with Crippen molar-refractivity contribution < 1.29 is 49.6 Å². The number of esters is 1. The van der Waals surface area contributed by atoms with E-state index in [1.54, 1.807) is 6.92 Å². The highest BCUT2D eigenvalue weighted by atomic mass is 16.7. The Kier molecular flexibility index (Phi) is 8.38. The van der Waals surface area contributed by atoms with Crippen molar-refractivity contribution in [1.82, 2.24) is 0 Å². The highest BCUT2D eigenvalue weighted by Gasteiger charge is 2.47. The van der Waals surface area contributed by atoms with Gasteiger partial charge in [0, 0.05) is 0 Å². The van der Waals surface area contributed by atoms with Gasteiger partial charge in [-0.1, -0.05) is 12.1 Å². The Balaban J connectivity index is 2.05. The van der Waals surface area contributed by atoms with E-state index in [1.807, 2.05) is 0 Å². The largest absolute Gasteiger partial charge is 0.504 e. The Labute approximate surface area is 167 Å². The van der Waals surface area contributed by atoms with Crippen LogP contribution < -0.4 is 0 Å². The van der Waals surface area contributed by atoms with Crippen LogP contribution in [0.5, 0.6) is 11.5 Å². The van der Waals surface area contributed by atoms with Gasteiger partial charge in [0.05, 0.1) is 26.2 Å². The molecule has 1 fully saturated rings. The number of hydrogen-bond donors (Lipinski definition) is 6. The van der Waals surface area contributed by atoms with Gasteiger partial charge >= 0.3 is 5.97 Å². The molecule has 0 aliphatic carbocycles. The summed E-state index contributed by atoms with van der Waals surface area (Å²) in [4.78, 5) is 12.3. The molecule has 0 unspecified atom stereocenters. The van der Waals surface area contributed by atoms with E-state index in [1.165, 1.54) is 24.3 Å². The van der Waals surface area contributed by atoms with Crippen molar-refractivity contribution in [3.63, 3.8) is 0 Å². The van der Waals surface area contributed by atoms with Crippen LogP contribution in [0.15, 0.2) is 29.8 Å². The standard InChI is InChI=1S/C19H26O10/c1-10(4-5-20)9-27-19-17(26)18(16(25)14(8-21)28-19)29-15(24)7-11-2-3-12(22)13(23)6-11/h2-4,6,14,16-23,25-26H,5,7-9H2,1H3/t14-,16-,17-,18+,19-/m1/s1. The predicted octanol–water partition coefficient (Wildman–Crippen LogP) is -1.05. The van der Waals surface area contributed by atoms with Gasteiger partial charge in [-0.3, -0.25) is 4.79 Å². The molecule has 1 aliphatic heterocycles. The third kappa shape index (κ3) is 6.13. The second-order valence-electron chi connectivity index (χ2n) is 6.71. The number of ether oxygens (including phenoxy) is 3. The van der Waals surface area contributed by atoms with E-state index in [9.17, 15) is 30.3 Å². The molecule has 0 spiro atoms. The predicted molar refractivity (Wildman–Crippen MR) is 97.9 cm³/mol. The van der Waals surface area contributed by atoms with Crippen molar-refractivity contribution in [1.29, 1.82) is 0 Å². The fraction of sp³-hybridized carbons (Fsp3) is 0.526. The molecular formula is C19H26O10. The number of aliphatic hydroxyl groups excluding tert-OH is 4. The molecule has 0 aromatic heterocycles. The fourth-order valence-corrected chi connectivity index (χ4v) is 2.80. The smallest absolute Gasteiger partial charge is 0.310 e. The third-order valence-corrected chi connectivity index (χ3v) is 4.39. The first-order chi connectivity index (χ1) is 13.8. The average Bonchev–Trinajstić information content (AvgIpc) is 2.67. The maximum absolute atomic E-state index is 12.3. The quantitative estimate of drug-likeness (QED) is 0.175. The number of hydrogen-bond acceptors (Lipinski definition) is 10. The molecule has 0 saturated carbocycles. The van der Waals surface area contributed by atoms with E-state index in [0.29, 0.717) is 11.1 Å². The number of benzene rings is 1. The number of phenolic OH excluding ortho intramolecular Hbond substituents is 2. The van der Waals surface area contributed by atoms with Gasteiger partial charge in [0.25, 0.3) is 0 Å². The molecule has 6 N–H and O–H groups in total. The Morgan fingerprint density at radius 1 is 1.17 bits per heavy atom. The van der Waals surface area contributed by atoms with Gasteiger partial charge in [-0.25, -0.2) is 0 Å². The monoisotopic (exact) mass is 414 g/mol. The average molecular weight is 414 g/mol. The molecule has 0 radical (unpaired) electrons. The van der Waals surface area contributed by atoms with E-state index in [2.05, 4.69) is 0 Å². The van der Waals surface area contributed by atoms with E-state index in [-0.39, 0.29) is 25.4 Å². The minimum Gasteiger partial charge on any atom is -0.504 e. The van der Waals surface area contributed by atoms with Crippen molar-refractivity contribution in [3.05, 3.63) is 35.4 Å². The van der Waals surface area contributed by atoms with Crippen molar-refractivity contribution in [3.8, 4) is 11.5 Å². The van der Waals surface area contributed by atoms with E-state index >= 15 is 0 Å². The van der Waals surface area contributed by atoms with Gasteiger partial charge in [0.15, 0.2) is 23.9 Å². The van der Waals surface area contributed by atoms with Crippen LogP contribution in [0.2, 0.25) is 0 Å². The Bertz CT molecular complexity index is 719. The van der Waals surface area contributed by atoms with Crippen LogP contribution in [0.25, 0.3) is 0 Å². The Morgan fingerprint density at radius 3 is 2.52 bits per heavy atom. The summed E-state index contributed by atoms with van der Waals surface area (Å²) in [6, 6.07) is 3.81. The number of aliphatic hydroxyl groups is 4. The van der Waals surface area contributed by atoms with Gasteiger partial charge in [-0.05, 0) is 30.2 Å². The molecule has 1 saturated heterocycles. The summed E-state index contributed by atoms with van der Waals surface area (Å²) >= 11 is 0. The fourth-order valence-electron chi connectivity index (χ4n) is 2.80. The summed E-state index contributed by atoms with van der Waals surface area (Å²) in [5, 5.41) is 57.8. The number of carbonyl (C=O) groups is 1. The molecular weight excluding hydrogens is 388 g/mol. The SMILES string of the molecule is CC(=CCO)CO[C@@H]1O[C@H](CO)[C@@H](O)[C@H](OC(=O)Cc2ccc(O)c(O)c2)[C@H]1O. The molecule has 0 amide bonds. The van der Waals surface area contributed by atoms with Gasteiger partial charge in [0.1, 0.15) is 18.3 Å². The Hall–Kier alpha value is -2.21. The van der Waals surface area contributed by atoms with Gasteiger partial charge in [-0.2, -0.15) is 0 Å². The summed E-state index contributed by atoms with van der Waals surface area (Å²) in [6.07, 6.45) is -5.69. The lowest BCUT2D eigenvalue weighted by atomic mass is 9.99. The van der Waals surface area contributed by atoms with Crippen LogP contribution in [0.1, 0.15) is 12.5 Å². The van der Waals surface area contributed by atoms with Gasteiger partial charge in [-0.15, -0.1) is 0 Å². The van der Waals surface area contributed by atoms with Gasteiger partial charge in [0.2, 0.25) is 0 Å². The summed E-state index contributed by atoms with van der Waals surface area (Å²) in [5.41, 5.74) is 1.01. The number of rotatable bonds is 8. The molecule has 10 nitrogen and oxygen atoms in total. The Morgan fingerprint density at radius 2 is 1.90 bits per heavy atom. The highest BCUT2D eigenvalue weighted by Crippen LogP contribution is 2.27. The first kappa shape index (κ1) is 23.1. The van der Waals surface area contributed by atoms with E-state index in [0.717, 1.165) is 0 Å². The molecule has 1 aromatic carbocycles. The van der Waals surface area contributed by atoms with Crippen LogP contribution in [0, 0.1) is 0 Å². The van der Waals surface area contributed by atoms with Crippen molar-refractivity contribution in [2.24, 2.45) is 0 Å². The second-order valence-corrected chi connectivity index (χ2v) is 6.71. The lowest BCUT2D eigenvalue weighted by Crippen LogP contribution is -2.60. The van der Waals surface area contributed by atoms with E-state index in [4.69, 9.17) is 19.3 Å². The topological polar surface area (TPSA) is 166 Å². The first-order valence-corrected chi connectivity index (χ1v) is 8.97. The molecule has 5 atom stereocenters. The second kappa shape index (κ2) is 10.5. The van der Waals surface area contributed by atoms with Crippen molar-refractivity contribution in [2.75, 3.05) is 19.8 Å². The van der Waals surface area contributed by atoms with Crippen molar-refractivity contribution >= 4 is 5.97 Å². The maximum atomic E-state index is 12.3. The lowest BCUT2D eigenvalue weighted by Gasteiger charge is -2.41. The zero-order valence-corrected chi connectivity index (χ0v) is 15.8. The first-order valence-electron chi connectivity index (χ1n) is 8.97. The molecule has 1 aliphatic rings. The molecule has 1 aromatic rings. The van der Waals surface area contributed by atoms with Crippen LogP contribution in [0.4, 0.5) is 0 Å². The lowest BCUT2D eigenvalue weighted by molar-refractivity contribution is -0.301. The summed E-state index contributed by atoms with van der Waals surface area (Å²) < 4.78 is 16.0. The van der Waals surface area contributed by atoms with Crippen molar-refractivity contribution in [2.45, 2.75) is 44.1 Å². The molecule has 1 heterocycles. The zero-order chi connectivity index (χ0) is 21.6. The van der Waals surface area contributed by atoms with Crippen LogP contribution in [-0.2, 0) is 25.4 Å². The maximum Gasteiger partial charge on any atom is 0.310 e. The summed E-state index contributed by atoms with van der Waals surface area (Å²) in [7, 11) is 0. The van der Waals surface area contributed by atoms with Gasteiger partial charge < -0.3 is 44.8 Å². The summed E-state index contributed by atoms with van der Waals surface area (Å²) in [6.45, 7) is 0.908. The minimum atomic E-state index is -1.54. The molecule has 29 heavy (non-hydrogen) atoms. The minimum absolute atomic E-state index is 0.00395. The summed E-state index contributed by atoms with van der Waals surface area (Å²) in [5.74, 6) is -1.55. The number of carbonyl (C=O) groups excluding carboxylic acids is 1. The molecule has 162 valence electrons. The van der Waals surface area contributed by atoms with Crippen LogP contribution in [-0.4, -0.2) is 87.1 Å². The number of aromatic hydroxyl groups is 2. The normalized spacial score (nSPS) is 27.6. The highest BCUT2D eigenvalue weighted by molar-refractivity contribution is 5.73. The van der Waals surface area contributed by atoms with Crippen LogP contribution >= 0.6 is 0 Å². The number of phenols is 2.